The standard InChI is InChI=1S/C27H30ClN3O3/c1-17-4-5-19-13-21(14-20(19)12-17)18-6-8-31(9-7-18)23-16-25(32)30(2)22-15-24(34-11-10-33-3)27(28)29-26(22)23/h4-5,12,14-16,18H,6-11,13H2,1-3H3. The maximum absolute atomic E-state index is 12.8. The minimum absolute atomic E-state index is 0.0686. The van der Waals surface area contributed by atoms with E-state index in [1.807, 2.05) is 0 Å². The summed E-state index contributed by atoms with van der Waals surface area (Å²) in [7, 11) is 3.37. The molecule has 3 heterocycles. The number of hydrogen-bond donors (Lipinski definition) is 0. The molecule has 0 N–H and O–H groups in total. The molecule has 2 aliphatic rings. The number of ether oxygens (including phenoxy) is 2. The van der Waals surface area contributed by atoms with Crippen molar-refractivity contribution in [3.63, 3.8) is 0 Å². The lowest BCUT2D eigenvalue weighted by atomic mass is 9.88. The lowest BCUT2D eigenvalue weighted by molar-refractivity contribution is 0.146. The van der Waals surface area contributed by atoms with E-state index in [2.05, 4.69) is 41.1 Å². The van der Waals surface area contributed by atoms with Gasteiger partial charge in [-0.05, 0) is 43.2 Å². The van der Waals surface area contributed by atoms with Crippen LogP contribution in [-0.4, -0.2) is 43.0 Å². The molecule has 5 rings (SSSR count). The molecule has 3 aromatic rings. The van der Waals surface area contributed by atoms with Crippen LogP contribution in [0.15, 0.2) is 40.7 Å². The van der Waals surface area contributed by atoms with Gasteiger partial charge in [0.25, 0.3) is 5.56 Å². The molecule has 1 aliphatic heterocycles. The molecule has 0 unspecified atom stereocenters. The second kappa shape index (κ2) is 9.43. The van der Waals surface area contributed by atoms with Crippen molar-refractivity contribution >= 4 is 34.4 Å². The molecule has 1 aromatic carbocycles. The van der Waals surface area contributed by atoms with Crippen LogP contribution in [0.4, 0.5) is 5.69 Å². The van der Waals surface area contributed by atoms with Gasteiger partial charge in [-0.2, -0.15) is 0 Å². The highest BCUT2D eigenvalue weighted by Gasteiger charge is 2.27. The van der Waals surface area contributed by atoms with Crippen LogP contribution in [0.25, 0.3) is 17.1 Å². The summed E-state index contributed by atoms with van der Waals surface area (Å²) < 4.78 is 12.4. The van der Waals surface area contributed by atoms with Gasteiger partial charge in [-0.15, -0.1) is 0 Å². The van der Waals surface area contributed by atoms with Gasteiger partial charge < -0.3 is 18.9 Å². The number of fused-ring (bicyclic) bond motifs is 2. The van der Waals surface area contributed by atoms with Crippen molar-refractivity contribution in [3.8, 4) is 5.75 Å². The lowest BCUT2D eigenvalue weighted by Crippen LogP contribution is -2.35. The summed E-state index contributed by atoms with van der Waals surface area (Å²) in [5, 5.41) is 0.294. The van der Waals surface area contributed by atoms with E-state index in [0.717, 1.165) is 43.6 Å². The van der Waals surface area contributed by atoms with Crippen molar-refractivity contribution in [2.45, 2.75) is 26.2 Å². The fourth-order valence-corrected chi connectivity index (χ4v) is 5.31. The second-order valence-corrected chi connectivity index (χ2v) is 9.63. The van der Waals surface area contributed by atoms with Crippen molar-refractivity contribution in [2.24, 2.45) is 13.0 Å². The number of allylic oxidation sites excluding steroid dienone is 1. The number of halogens is 1. The highest BCUT2D eigenvalue weighted by atomic mass is 35.5. The van der Waals surface area contributed by atoms with Gasteiger partial charge in [0.2, 0.25) is 0 Å². The number of anilines is 1. The zero-order valence-electron chi connectivity index (χ0n) is 19.9. The quantitative estimate of drug-likeness (QED) is 0.376. The van der Waals surface area contributed by atoms with Crippen molar-refractivity contribution in [1.29, 1.82) is 0 Å². The second-order valence-electron chi connectivity index (χ2n) is 9.27. The van der Waals surface area contributed by atoms with Gasteiger partial charge in [-0.3, -0.25) is 4.79 Å². The first-order valence-electron chi connectivity index (χ1n) is 11.8. The molecule has 0 spiro atoms. The summed E-state index contributed by atoms with van der Waals surface area (Å²) in [5.41, 5.74) is 7.87. The molecule has 0 bridgehead atoms. The highest BCUT2D eigenvalue weighted by molar-refractivity contribution is 6.31. The molecule has 34 heavy (non-hydrogen) atoms. The number of piperidine rings is 1. The molecule has 1 aliphatic carbocycles. The maximum Gasteiger partial charge on any atom is 0.252 e. The average molecular weight is 480 g/mol. The van der Waals surface area contributed by atoms with E-state index in [0.29, 0.717) is 35.6 Å². The monoisotopic (exact) mass is 479 g/mol. The third kappa shape index (κ3) is 4.32. The third-order valence-corrected chi connectivity index (χ3v) is 7.33. The Hall–Kier alpha value is -2.83. The Bertz CT molecular complexity index is 1320. The first-order chi connectivity index (χ1) is 16.4. The lowest BCUT2D eigenvalue weighted by Gasteiger charge is -2.34. The smallest absolute Gasteiger partial charge is 0.252 e. The van der Waals surface area contributed by atoms with E-state index >= 15 is 0 Å². The van der Waals surface area contributed by atoms with Gasteiger partial charge in [-0.1, -0.05) is 47.0 Å². The molecule has 0 amide bonds. The molecule has 0 atom stereocenters. The average Bonchev–Trinajstić information content (AvgIpc) is 3.25. The molecule has 2 aromatic heterocycles. The Balaban J connectivity index is 1.38. The minimum Gasteiger partial charge on any atom is -0.488 e. The summed E-state index contributed by atoms with van der Waals surface area (Å²) in [6.07, 6.45) is 5.56. The first kappa shape index (κ1) is 22.9. The molecule has 178 valence electrons. The SMILES string of the molecule is COCCOc1cc2c(nc1Cl)c(N1CCC(C3=Cc4cc(C)ccc4C3)CC1)cc(=O)n2C. The summed E-state index contributed by atoms with van der Waals surface area (Å²) in [6, 6.07) is 10.2. The number of aryl methyl sites for hydroxylation is 2. The normalized spacial score (nSPS) is 16.1. The van der Waals surface area contributed by atoms with E-state index in [-0.39, 0.29) is 5.56 Å². The van der Waals surface area contributed by atoms with E-state index in [4.69, 9.17) is 21.1 Å². The van der Waals surface area contributed by atoms with Crippen LogP contribution in [0.5, 0.6) is 5.75 Å². The molecule has 7 heteroatoms. The zero-order chi connectivity index (χ0) is 23.8. The van der Waals surface area contributed by atoms with Gasteiger partial charge in [0.05, 0.1) is 17.8 Å². The third-order valence-electron chi connectivity index (χ3n) is 7.06. The molecular formula is C27H30ClN3O3. The van der Waals surface area contributed by atoms with Crippen LogP contribution in [0, 0.1) is 12.8 Å². The topological polar surface area (TPSA) is 56.6 Å². The molecule has 1 fully saturated rings. The van der Waals surface area contributed by atoms with Crippen molar-refractivity contribution in [3.05, 3.63) is 68.1 Å². The van der Waals surface area contributed by atoms with Crippen molar-refractivity contribution in [1.82, 2.24) is 9.55 Å². The molecular weight excluding hydrogens is 450 g/mol. The Labute approximate surface area is 204 Å². The highest BCUT2D eigenvalue weighted by Crippen LogP contribution is 2.37. The predicted octanol–water partition coefficient (Wildman–Crippen LogP) is 4.78. The largest absolute Gasteiger partial charge is 0.488 e. The van der Waals surface area contributed by atoms with Crippen LogP contribution in [0.3, 0.4) is 0 Å². The van der Waals surface area contributed by atoms with Crippen molar-refractivity contribution in [2.75, 3.05) is 38.3 Å². The number of aromatic nitrogens is 2. The van der Waals surface area contributed by atoms with E-state index in [1.54, 1.807) is 30.9 Å². The number of rotatable bonds is 6. The van der Waals surface area contributed by atoms with E-state index in [1.165, 1.54) is 22.3 Å². The fourth-order valence-electron chi connectivity index (χ4n) is 5.12. The predicted molar refractivity (Wildman–Crippen MR) is 137 cm³/mol. The van der Waals surface area contributed by atoms with Gasteiger partial charge >= 0.3 is 0 Å². The number of nitrogens with zero attached hydrogens (tertiary/aromatic N) is 3. The fraction of sp³-hybridized carbons (Fsp3) is 0.407. The molecule has 0 radical (unpaired) electrons. The van der Waals surface area contributed by atoms with Crippen LogP contribution in [0.1, 0.15) is 29.5 Å². The van der Waals surface area contributed by atoms with Gasteiger partial charge in [0, 0.05) is 39.4 Å². The Kier molecular flexibility index (Phi) is 6.36. The molecule has 1 saturated heterocycles. The van der Waals surface area contributed by atoms with Crippen molar-refractivity contribution < 1.29 is 9.47 Å². The number of benzene rings is 1. The van der Waals surface area contributed by atoms with Crippen LogP contribution < -0.4 is 15.2 Å². The van der Waals surface area contributed by atoms with Crippen LogP contribution in [-0.2, 0) is 18.2 Å². The Morgan fingerprint density at radius 1 is 1.15 bits per heavy atom. The summed E-state index contributed by atoms with van der Waals surface area (Å²) in [6.45, 7) is 4.72. The zero-order valence-corrected chi connectivity index (χ0v) is 20.7. The van der Waals surface area contributed by atoms with E-state index < -0.39 is 0 Å². The number of pyridine rings is 2. The summed E-state index contributed by atoms with van der Waals surface area (Å²) in [5.74, 6) is 1.03. The number of hydrogen-bond acceptors (Lipinski definition) is 5. The van der Waals surface area contributed by atoms with E-state index in [9.17, 15) is 4.79 Å². The molecule has 0 saturated carbocycles. The number of methoxy groups -OCH3 is 1. The Morgan fingerprint density at radius 2 is 1.94 bits per heavy atom. The van der Waals surface area contributed by atoms with Gasteiger partial charge in [0.15, 0.2) is 10.9 Å². The maximum atomic E-state index is 12.8. The first-order valence-corrected chi connectivity index (χ1v) is 12.2. The molecule has 6 nitrogen and oxygen atoms in total. The summed E-state index contributed by atoms with van der Waals surface area (Å²) >= 11 is 6.46. The van der Waals surface area contributed by atoms with Crippen LogP contribution in [0.2, 0.25) is 5.15 Å². The minimum atomic E-state index is -0.0686. The Morgan fingerprint density at radius 3 is 2.71 bits per heavy atom. The van der Waals surface area contributed by atoms with Gasteiger partial charge in [0.1, 0.15) is 12.1 Å². The summed E-state index contributed by atoms with van der Waals surface area (Å²) in [4.78, 5) is 19.7. The van der Waals surface area contributed by atoms with Gasteiger partial charge in [-0.25, -0.2) is 4.98 Å². The van der Waals surface area contributed by atoms with Crippen LogP contribution >= 0.6 is 11.6 Å².